The number of hydrogen-bond acceptors (Lipinski definition) is 2. The van der Waals surface area contributed by atoms with E-state index in [1.54, 1.807) is 7.11 Å². The van der Waals surface area contributed by atoms with E-state index in [1.165, 1.54) is 18.4 Å². The summed E-state index contributed by atoms with van der Waals surface area (Å²) in [5.74, 6) is 2.49. The van der Waals surface area contributed by atoms with Gasteiger partial charge >= 0.3 is 0 Å². The Kier molecular flexibility index (Phi) is 2.21. The van der Waals surface area contributed by atoms with Crippen molar-refractivity contribution in [3.8, 4) is 5.75 Å². The van der Waals surface area contributed by atoms with Crippen LogP contribution in [-0.4, -0.2) is 12.9 Å². The van der Waals surface area contributed by atoms with E-state index in [2.05, 4.69) is 12.2 Å². The lowest BCUT2D eigenvalue weighted by Crippen LogP contribution is -2.37. The van der Waals surface area contributed by atoms with Crippen LogP contribution in [0.4, 0.5) is 0 Å². The van der Waals surface area contributed by atoms with Crippen LogP contribution in [0.3, 0.4) is 0 Å². The van der Waals surface area contributed by atoms with Crippen molar-refractivity contribution >= 4 is 5.78 Å². The van der Waals surface area contributed by atoms with E-state index in [4.69, 9.17) is 4.74 Å². The van der Waals surface area contributed by atoms with Crippen molar-refractivity contribution in [1.82, 2.24) is 0 Å². The Morgan fingerprint density at radius 1 is 1.32 bits per heavy atom. The molecule has 1 aromatic carbocycles. The fourth-order valence-corrected chi connectivity index (χ4v) is 4.57. The lowest BCUT2D eigenvalue weighted by atomic mass is 9.62. The molecule has 2 bridgehead atoms. The standard InChI is InChI=1S/C17H18O2/c1-19-15-4-2-3-13-14(18)7-8-17(16(13)15)10-11-5-6-12(17)9-11/h2-6,11-12H,7-10H2,1H3. The summed E-state index contributed by atoms with van der Waals surface area (Å²) >= 11 is 0. The number of rotatable bonds is 1. The predicted octanol–water partition coefficient (Wildman–Crippen LogP) is 3.51. The zero-order valence-electron chi connectivity index (χ0n) is 11.2. The third kappa shape index (κ3) is 1.35. The van der Waals surface area contributed by atoms with Crippen molar-refractivity contribution in [2.45, 2.75) is 31.1 Å². The van der Waals surface area contributed by atoms with Crippen molar-refractivity contribution in [2.24, 2.45) is 11.8 Å². The Bertz CT molecular complexity index is 587. The van der Waals surface area contributed by atoms with Crippen molar-refractivity contribution in [2.75, 3.05) is 7.11 Å². The maximum Gasteiger partial charge on any atom is 0.163 e. The molecule has 3 unspecified atom stereocenters. The molecular formula is C17H18O2. The molecule has 0 N–H and O–H groups in total. The minimum Gasteiger partial charge on any atom is -0.496 e. The van der Waals surface area contributed by atoms with Gasteiger partial charge in [-0.15, -0.1) is 0 Å². The SMILES string of the molecule is COc1cccc2c1C1(CCC2=O)CC2C=CC1C2. The summed E-state index contributed by atoms with van der Waals surface area (Å²) < 4.78 is 5.58. The summed E-state index contributed by atoms with van der Waals surface area (Å²) in [6.45, 7) is 0. The molecule has 3 atom stereocenters. The molecule has 4 rings (SSSR count). The summed E-state index contributed by atoms with van der Waals surface area (Å²) in [6, 6.07) is 5.93. The first kappa shape index (κ1) is 11.3. The van der Waals surface area contributed by atoms with Crippen LogP contribution < -0.4 is 4.74 Å². The predicted molar refractivity (Wildman–Crippen MR) is 73.6 cm³/mol. The number of ether oxygens (including phenoxy) is 1. The van der Waals surface area contributed by atoms with Crippen molar-refractivity contribution in [3.05, 3.63) is 41.5 Å². The van der Waals surface area contributed by atoms with Crippen LogP contribution in [0, 0.1) is 11.8 Å². The second-order valence-corrected chi connectivity index (χ2v) is 6.15. The highest BCUT2D eigenvalue weighted by molar-refractivity contribution is 6.00. The lowest BCUT2D eigenvalue weighted by molar-refractivity contribution is 0.0941. The van der Waals surface area contributed by atoms with E-state index in [0.29, 0.717) is 18.3 Å². The molecule has 3 aliphatic rings. The number of ketones is 1. The third-order valence-electron chi connectivity index (χ3n) is 5.35. The number of carbonyl (C=O) groups excluding carboxylic acids is 1. The van der Waals surface area contributed by atoms with Gasteiger partial charge in [0.2, 0.25) is 0 Å². The number of fused-ring (bicyclic) bond motifs is 5. The molecule has 2 heteroatoms. The first-order valence-electron chi connectivity index (χ1n) is 7.13. The molecule has 0 aromatic heterocycles. The van der Waals surface area contributed by atoms with Gasteiger partial charge in [-0.2, -0.15) is 0 Å². The molecule has 0 radical (unpaired) electrons. The van der Waals surface area contributed by atoms with Gasteiger partial charge in [-0.05, 0) is 37.2 Å². The molecule has 98 valence electrons. The van der Waals surface area contributed by atoms with Gasteiger partial charge in [-0.25, -0.2) is 0 Å². The molecule has 0 aliphatic heterocycles. The summed E-state index contributed by atoms with van der Waals surface area (Å²) in [5.41, 5.74) is 2.27. The van der Waals surface area contributed by atoms with E-state index < -0.39 is 0 Å². The maximum absolute atomic E-state index is 12.2. The number of methoxy groups -OCH3 is 1. The molecule has 1 saturated carbocycles. The summed E-state index contributed by atoms with van der Waals surface area (Å²) in [7, 11) is 1.71. The average molecular weight is 254 g/mol. The molecule has 1 spiro atoms. The van der Waals surface area contributed by atoms with E-state index >= 15 is 0 Å². The fraction of sp³-hybridized carbons (Fsp3) is 0.471. The molecule has 1 fully saturated rings. The molecule has 3 aliphatic carbocycles. The zero-order valence-corrected chi connectivity index (χ0v) is 11.2. The van der Waals surface area contributed by atoms with Gasteiger partial charge < -0.3 is 4.74 Å². The first-order chi connectivity index (χ1) is 9.24. The second kappa shape index (κ2) is 3.72. The van der Waals surface area contributed by atoms with Gasteiger partial charge in [0.05, 0.1) is 7.11 Å². The average Bonchev–Trinajstić information content (AvgIpc) is 3.04. The van der Waals surface area contributed by atoms with Gasteiger partial charge in [0.25, 0.3) is 0 Å². The normalized spacial score (nSPS) is 34.9. The van der Waals surface area contributed by atoms with Gasteiger partial charge in [0.1, 0.15) is 5.75 Å². The smallest absolute Gasteiger partial charge is 0.163 e. The Morgan fingerprint density at radius 2 is 2.21 bits per heavy atom. The first-order valence-corrected chi connectivity index (χ1v) is 7.13. The molecule has 2 nitrogen and oxygen atoms in total. The van der Waals surface area contributed by atoms with Crippen molar-refractivity contribution in [3.63, 3.8) is 0 Å². The Balaban J connectivity index is 1.96. The van der Waals surface area contributed by atoms with E-state index in [9.17, 15) is 4.79 Å². The van der Waals surface area contributed by atoms with Crippen LogP contribution in [0.2, 0.25) is 0 Å². The topological polar surface area (TPSA) is 26.3 Å². The van der Waals surface area contributed by atoms with Crippen LogP contribution >= 0.6 is 0 Å². The highest BCUT2D eigenvalue weighted by atomic mass is 16.5. The number of hydrogen-bond donors (Lipinski definition) is 0. The van der Waals surface area contributed by atoms with Crippen molar-refractivity contribution < 1.29 is 9.53 Å². The quantitative estimate of drug-likeness (QED) is 0.717. The van der Waals surface area contributed by atoms with Crippen LogP contribution in [0.25, 0.3) is 0 Å². The summed E-state index contributed by atoms with van der Waals surface area (Å²) in [4.78, 5) is 12.2. The Hall–Kier alpha value is -1.57. The Morgan fingerprint density at radius 3 is 2.89 bits per heavy atom. The fourth-order valence-electron chi connectivity index (χ4n) is 4.57. The van der Waals surface area contributed by atoms with Gasteiger partial charge in [-0.1, -0.05) is 24.3 Å². The minimum atomic E-state index is 0.162. The lowest BCUT2D eigenvalue weighted by Gasteiger charge is -2.41. The van der Waals surface area contributed by atoms with Gasteiger partial charge in [0, 0.05) is 23.0 Å². The number of benzene rings is 1. The highest BCUT2D eigenvalue weighted by Gasteiger charge is 2.53. The van der Waals surface area contributed by atoms with E-state index in [1.807, 2.05) is 18.2 Å². The summed E-state index contributed by atoms with van der Waals surface area (Å²) in [5, 5.41) is 0. The Labute approximate surface area is 113 Å². The molecular weight excluding hydrogens is 236 g/mol. The van der Waals surface area contributed by atoms with Crippen LogP contribution in [0.15, 0.2) is 30.4 Å². The van der Waals surface area contributed by atoms with Gasteiger partial charge in [0.15, 0.2) is 5.78 Å². The van der Waals surface area contributed by atoms with Crippen LogP contribution in [0.5, 0.6) is 5.75 Å². The number of carbonyl (C=O) groups is 1. The molecule has 0 amide bonds. The molecule has 19 heavy (non-hydrogen) atoms. The second-order valence-electron chi connectivity index (χ2n) is 6.15. The van der Waals surface area contributed by atoms with Crippen LogP contribution in [0.1, 0.15) is 41.6 Å². The van der Waals surface area contributed by atoms with E-state index in [0.717, 1.165) is 17.7 Å². The number of Topliss-reactive ketones (excluding diaryl/α,β-unsaturated/α-hetero) is 1. The highest BCUT2D eigenvalue weighted by Crippen LogP contribution is 2.59. The third-order valence-corrected chi connectivity index (χ3v) is 5.35. The monoisotopic (exact) mass is 254 g/mol. The largest absolute Gasteiger partial charge is 0.496 e. The van der Waals surface area contributed by atoms with Crippen molar-refractivity contribution in [1.29, 1.82) is 0 Å². The molecule has 1 aromatic rings. The minimum absolute atomic E-state index is 0.162. The zero-order chi connectivity index (χ0) is 13.0. The number of allylic oxidation sites excluding steroid dienone is 2. The van der Waals surface area contributed by atoms with Crippen LogP contribution in [-0.2, 0) is 5.41 Å². The van der Waals surface area contributed by atoms with Gasteiger partial charge in [-0.3, -0.25) is 4.79 Å². The maximum atomic E-state index is 12.2. The molecule has 0 saturated heterocycles. The summed E-state index contributed by atoms with van der Waals surface area (Å²) in [6.07, 6.45) is 8.87. The van der Waals surface area contributed by atoms with E-state index in [-0.39, 0.29) is 11.2 Å². The molecule has 0 heterocycles.